The number of carbonyl (C=O) groups is 1. The van der Waals surface area contributed by atoms with Crippen LogP contribution in [0.25, 0.3) is 11.1 Å². The molecule has 5 heteroatoms. The summed E-state index contributed by atoms with van der Waals surface area (Å²) in [5.74, 6) is -1.07. The summed E-state index contributed by atoms with van der Waals surface area (Å²) in [6.07, 6.45) is 0. The minimum Gasteiger partial charge on any atom is -0.268 e. The maximum atomic E-state index is 13.0. The molecule has 0 aliphatic rings. The van der Waals surface area contributed by atoms with E-state index in [1.807, 2.05) is 12.1 Å². The average molecular weight is 332 g/mol. The molecular formula is C20H13FN2O2. The predicted octanol–water partition coefficient (Wildman–Crippen LogP) is 3.52. The summed E-state index contributed by atoms with van der Waals surface area (Å²) < 4.78 is 14.0. The molecule has 0 N–H and O–H groups in total. The number of nitrogens with zero attached hydrogens (tertiary/aromatic N) is 2. The lowest BCUT2D eigenvalue weighted by Gasteiger charge is -2.12. The fourth-order valence-electron chi connectivity index (χ4n) is 2.66. The summed E-state index contributed by atoms with van der Waals surface area (Å²) in [5, 5.41) is 9.44. The Bertz CT molecular complexity index is 1050. The Morgan fingerprint density at radius 1 is 1.08 bits per heavy atom. The van der Waals surface area contributed by atoms with Crippen LogP contribution in [-0.4, -0.2) is 10.5 Å². The molecule has 3 aromatic rings. The van der Waals surface area contributed by atoms with Gasteiger partial charge in [0.25, 0.3) is 11.5 Å². The first-order chi connectivity index (χ1) is 12.0. The van der Waals surface area contributed by atoms with Gasteiger partial charge in [0.2, 0.25) is 0 Å². The van der Waals surface area contributed by atoms with E-state index in [4.69, 9.17) is 0 Å². The molecular weight excluding hydrogens is 319 g/mol. The molecule has 25 heavy (non-hydrogen) atoms. The fraction of sp³-hybridized carbons (Fsp3) is 0.0500. The second-order valence-corrected chi connectivity index (χ2v) is 5.50. The van der Waals surface area contributed by atoms with E-state index in [0.29, 0.717) is 11.3 Å². The Morgan fingerprint density at radius 3 is 2.32 bits per heavy atom. The standard InChI is InChI=1S/C20H13FN2O2/c1-13-11-17(14-5-3-2-4-6-14)18(12-22)20(25)23(13)19(24)15-7-9-16(21)10-8-15/h2-11H,1H3. The summed E-state index contributed by atoms with van der Waals surface area (Å²) in [6, 6.07) is 17.5. The van der Waals surface area contributed by atoms with E-state index in [1.54, 1.807) is 37.3 Å². The monoisotopic (exact) mass is 332 g/mol. The number of hydrogen-bond donors (Lipinski definition) is 0. The molecule has 0 amide bonds. The number of benzene rings is 2. The van der Waals surface area contributed by atoms with Crippen molar-refractivity contribution in [3.63, 3.8) is 0 Å². The summed E-state index contributed by atoms with van der Waals surface area (Å²) in [6.45, 7) is 1.62. The number of nitriles is 1. The smallest absolute Gasteiger partial charge is 0.268 e. The summed E-state index contributed by atoms with van der Waals surface area (Å²) in [4.78, 5) is 25.4. The molecule has 1 heterocycles. The highest BCUT2D eigenvalue weighted by atomic mass is 19.1. The molecule has 122 valence electrons. The Kier molecular flexibility index (Phi) is 4.27. The first-order valence-corrected chi connectivity index (χ1v) is 7.55. The van der Waals surface area contributed by atoms with Gasteiger partial charge in [-0.1, -0.05) is 30.3 Å². The highest BCUT2D eigenvalue weighted by Crippen LogP contribution is 2.22. The molecule has 0 radical (unpaired) electrons. The maximum Gasteiger partial charge on any atom is 0.276 e. The highest BCUT2D eigenvalue weighted by Gasteiger charge is 2.19. The van der Waals surface area contributed by atoms with Crippen molar-refractivity contribution in [1.29, 1.82) is 5.26 Å². The van der Waals surface area contributed by atoms with Crippen molar-refractivity contribution in [3.05, 3.63) is 93.7 Å². The minimum absolute atomic E-state index is 0.104. The van der Waals surface area contributed by atoms with Gasteiger partial charge in [0, 0.05) is 16.8 Å². The third-order valence-electron chi connectivity index (χ3n) is 3.88. The maximum absolute atomic E-state index is 13.0. The van der Waals surface area contributed by atoms with Crippen LogP contribution < -0.4 is 5.56 Å². The van der Waals surface area contributed by atoms with Crippen molar-refractivity contribution in [2.75, 3.05) is 0 Å². The van der Waals surface area contributed by atoms with Crippen molar-refractivity contribution >= 4 is 5.91 Å². The van der Waals surface area contributed by atoms with Crippen LogP contribution in [0.15, 0.2) is 65.5 Å². The first kappa shape index (κ1) is 16.3. The number of rotatable bonds is 2. The van der Waals surface area contributed by atoms with Gasteiger partial charge in [-0.2, -0.15) is 5.26 Å². The average Bonchev–Trinajstić information content (AvgIpc) is 2.62. The number of hydrogen-bond acceptors (Lipinski definition) is 3. The van der Waals surface area contributed by atoms with Crippen LogP contribution in [0.1, 0.15) is 21.6 Å². The Morgan fingerprint density at radius 2 is 1.72 bits per heavy atom. The molecule has 2 aromatic carbocycles. The van der Waals surface area contributed by atoms with Crippen LogP contribution in [-0.2, 0) is 0 Å². The number of pyridine rings is 1. The van der Waals surface area contributed by atoms with Crippen LogP contribution in [0.2, 0.25) is 0 Å². The Hall–Kier alpha value is -3.52. The number of aromatic nitrogens is 1. The highest BCUT2D eigenvalue weighted by molar-refractivity contribution is 5.96. The first-order valence-electron chi connectivity index (χ1n) is 7.55. The fourth-order valence-corrected chi connectivity index (χ4v) is 2.66. The molecule has 0 aliphatic carbocycles. The zero-order valence-electron chi connectivity index (χ0n) is 13.4. The van der Waals surface area contributed by atoms with Crippen LogP contribution in [0.4, 0.5) is 4.39 Å². The normalized spacial score (nSPS) is 10.3. The molecule has 0 saturated carbocycles. The molecule has 0 atom stereocenters. The predicted molar refractivity (Wildman–Crippen MR) is 91.7 cm³/mol. The molecule has 0 aliphatic heterocycles. The summed E-state index contributed by atoms with van der Waals surface area (Å²) in [5.41, 5.74) is 0.984. The Balaban J connectivity index is 2.20. The largest absolute Gasteiger partial charge is 0.276 e. The van der Waals surface area contributed by atoms with Crippen LogP contribution in [0.3, 0.4) is 0 Å². The van der Waals surface area contributed by atoms with Crippen molar-refractivity contribution in [3.8, 4) is 17.2 Å². The number of carbonyl (C=O) groups excluding carboxylic acids is 1. The van der Waals surface area contributed by atoms with E-state index >= 15 is 0 Å². The molecule has 3 rings (SSSR count). The topological polar surface area (TPSA) is 62.9 Å². The summed E-state index contributed by atoms with van der Waals surface area (Å²) >= 11 is 0. The van der Waals surface area contributed by atoms with E-state index < -0.39 is 17.3 Å². The van der Waals surface area contributed by atoms with E-state index in [-0.39, 0.29) is 11.1 Å². The molecule has 0 saturated heterocycles. The van der Waals surface area contributed by atoms with Gasteiger partial charge in [0.05, 0.1) is 0 Å². The van der Waals surface area contributed by atoms with Crippen LogP contribution in [0.5, 0.6) is 0 Å². The van der Waals surface area contributed by atoms with E-state index in [1.165, 1.54) is 12.1 Å². The van der Waals surface area contributed by atoms with Crippen molar-refractivity contribution in [2.24, 2.45) is 0 Å². The van der Waals surface area contributed by atoms with Gasteiger partial charge < -0.3 is 0 Å². The minimum atomic E-state index is -0.685. The van der Waals surface area contributed by atoms with Gasteiger partial charge in [-0.3, -0.25) is 9.59 Å². The van der Waals surface area contributed by atoms with Gasteiger partial charge in [-0.15, -0.1) is 0 Å². The second kappa shape index (κ2) is 6.54. The zero-order chi connectivity index (χ0) is 18.0. The quantitative estimate of drug-likeness (QED) is 0.721. The van der Waals surface area contributed by atoms with Crippen molar-refractivity contribution in [1.82, 2.24) is 4.57 Å². The Labute approximate surface area is 143 Å². The second-order valence-electron chi connectivity index (χ2n) is 5.50. The molecule has 1 aromatic heterocycles. The number of aryl methyl sites for hydroxylation is 1. The van der Waals surface area contributed by atoms with Crippen LogP contribution in [0, 0.1) is 24.1 Å². The third-order valence-corrected chi connectivity index (χ3v) is 3.88. The lowest BCUT2D eigenvalue weighted by molar-refractivity contribution is 0.0953. The number of halogens is 1. The molecule has 0 spiro atoms. The van der Waals surface area contributed by atoms with Crippen molar-refractivity contribution in [2.45, 2.75) is 6.92 Å². The van der Waals surface area contributed by atoms with Gasteiger partial charge in [0.15, 0.2) is 0 Å². The zero-order valence-corrected chi connectivity index (χ0v) is 13.4. The molecule has 0 unspecified atom stereocenters. The van der Waals surface area contributed by atoms with Gasteiger partial charge in [0.1, 0.15) is 17.4 Å². The third kappa shape index (κ3) is 2.98. The van der Waals surface area contributed by atoms with E-state index in [0.717, 1.165) is 22.3 Å². The van der Waals surface area contributed by atoms with Gasteiger partial charge in [-0.25, -0.2) is 8.96 Å². The lowest BCUT2D eigenvalue weighted by atomic mass is 10.0. The van der Waals surface area contributed by atoms with Crippen LogP contribution >= 0.6 is 0 Å². The van der Waals surface area contributed by atoms with E-state index in [9.17, 15) is 19.2 Å². The van der Waals surface area contributed by atoms with E-state index in [2.05, 4.69) is 0 Å². The SMILES string of the molecule is Cc1cc(-c2ccccc2)c(C#N)c(=O)n1C(=O)c1ccc(F)cc1. The van der Waals surface area contributed by atoms with Gasteiger partial charge >= 0.3 is 0 Å². The van der Waals surface area contributed by atoms with Crippen molar-refractivity contribution < 1.29 is 9.18 Å². The summed E-state index contributed by atoms with van der Waals surface area (Å²) in [7, 11) is 0. The molecule has 0 fully saturated rings. The molecule has 4 nitrogen and oxygen atoms in total. The van der Waals surface area contributed by atoms with Gasteiger partial charge in [-0.05, 0) is 42.8 Å². The molecule has 0 bridgehead atoms. The lowest BCUT2D eigenvalue weighted by Crippen LogP contribution is -2.31.